The van der Waals surface area contributed by atoms with Crippen molar-refractivity contribution in [3.63, 3.8) is 0 Å². The number of hydrogen-bond donors (Lipinski definition) is 1. The lowest BCUT2D eigenvalue weighted by Gasteiger charge is -2.29. The van der Waals surface area contributed by atoms with E-state index in [2.05, 4.69) is 4.74 Å². The quantitative estimate of drug-likeness (QED) is 0.759. The Balaban J connectivity index is 4.73. The summed E-state index contributed by atoms with van der Waals surface area (Å²) in [6.07, 6.45) is -17.9. The van der Waals surface area contributed by atoms with Gasteiger partial charge in [-0.15, -0.1) is 0 Å². The maximum absolute atomic E-state index is 12.9. The maximum atomic E-state index is 12.9. The minimum absolute atomic E-state index is 0.344. The van der Waals surface area contributed by atoms with Crippen LogP contribution in [0.5, 0.6) is 0 Å². The molecule has 2 nitrogen and oxygen atoms in total. The van der Waals surface area contributed by atoms with Crippen molar-refractivity contribution in [1.29, 1.82) is 0 Å². The SMILES string of the molecule is CCC(CC(C)(F)F)OC(F)(F)C(O)C(F)(F)F. The van der Waals surface area contributed by atoms with Crippen LogP contribution in [0.25, 0.3) is 0 Å². The predicted octanol–water partition coefficient (Wildman–Crippen LogP) is 3.34. The number of halogens is 7. The number of ether oxygens (including phenoxy) is 1. The van der Waals surface area contributed by atoms with Crippen molar-refractivity contribution >= 4 is 0 Å². The third-order valence-corrected chi connectivity index (χ3v) is 1.99. The summed E-state index contributed by atoms with van der Waals surface area (Å²) in [4.78, 5) is 0. The summed E-state index contributed by atoms with van der Waals surface area (Å²) < 4.78 is 90.2. The summed E-state index contributed by atoms with van der Waals surface area (Å²) in [6, 6.07) is 0. The van der Waals surface area contributed by atoms with E-state index >= 15 is 0 Å². The molecule has 110 valence electrons. The summed E-state index contributed by atoms with van der Waals surface area (Å²) in [5, 5.41) is 8.37. The molecule has 0 aliphatic heterocycles. The lowest BCUT2D eigenvalue weighted by molar-refractivity contribution is -0.367. The van der Waals surface area contributed by atoms with Crippen molar-refractivity contribution in [1.82, 2.24) is 0 Å². The van der Waals surface area contributed by atoms with Crippen molar-refractivity contribution in [2.24, 2.45) is 0 Å². The third kappa shape index (κ3) is 5.85. The Hall–Kier alpha value is -0.570. The molecule has 2 unspecified atom stereocenters. The second kappa shape index (κ2) is 5.60. The molecule has 0 rings (SSSR count). The van der Waals surface area contributed by atoms with Gasteiger partial charge in [-0.2, -0.15) is 22.0 Å². The van der Waals surface area contributed by atoms with Gasteiger partial charge in [0.15, 0.2) is 0 Å². The highest BCUT2D eigenvalue weighted by atomic mass is 19.4. The number of rotatable bonds is 6. The molecule has 0 amide bonds. The van der Waals surface area contributed by atoms with Crippen LogP contribution in [0.15, 0.2) is 0 Å². The topological polar surface area (TPSA) is 29.5 Å². The Kier molecular flexibility index (Phi) is 5.42. The van der Waals surface area contributed by atoms with Gasteiger partial charge in [0.2, 0.25) is 12.0 Å². The van der Waals surface area contributed by atoms with Gasteiger partial charge in [-0.25, -0.2) is 8.78 Å². The van der Waals surface area contributed by atoms with Gasteiger partial charge in [-0.05, 0) is 13.3 Å². The molecule has 0 saturated carbocycles. The third-order valence-electron chi connectivity index (χ3n) is 1.99. The first-order valence-corrected chi connectivity index (χ1v) is 4.98. The van der Waals surface area contributed by atoms with Gasteiger partial charge in [0.25, 0.3) is 0 Å². The normalized spacial score (nSPS) is 17.7. The number of aliphatic hydroxyl groups excluding tert-OH is 1. The molecule has 18 heavy (non-hydrogen) atoms. The van der Waals surface area contributed by atoms with Crippen LogP contribution in [0.1, 0.15) is 26.7 Å². The minimum Gasteiger partial charge on any atom is -0.377 e. The zero-order valence-electron chi connectivity index (χ0n) is 9.57. The van der Waals surface area contributed by atoms with E-state index in [0.29, 0.717) is 6.92 Å². The van der Waals surface area contributed by atoms with Crippen molar-refractivity contribution in [3.8, 4) is 0 Å². The molecule has 0 heterocycles. The molecular weight excluding hydrogens is 273 g/mol. The van der Waals surface area contributed by atoms with E-state index in [-0.39, 0.29) is 6.42 Å². The molecule has 0 aromatic heterocycles. The molecule has 0 fully saturated rings. The van der Waals surface area contributed by atoms with Crippen LogP contribution < -0.4 is 0 Å². The van der Waals surface area contributed by atoms with Crippen LogP contribution >= 0.6 is 0 Å². The average molecular weight is 286 g/mol. The molecule has 0 radical (unpaired) electrons. The van der Waals surface area contributed by atoms with E-state index in [0.717, 1.165) is 0 Å². The minimum atomic E-state index is -5.60. The molecule has 0 saturated heterocycles. The predicted molar refractivity (Wildman–Crippen MR) is 47.4 cm³/mol. The van der Waals surface area contributed by atoms with E-state index < -0.39 is 36.8 Å². The van der Waals surface area contributed by atoms with Crippen LogP contribution in [-0.2, 0) is 4.74 Å². The fourth-order valence-electron chi connectivity index (χ4n) is 1.15. The summed E-state index contributed by atoms with van der Waals surface area (Å²) >= 11 is 0. The van der Waals surface area contributed by atoms with Crippen LogP contribution in [0.3, 0.4) is 0 Å². The fourth-order valence-corrected chi connectivity index (χ4v) is 1.15. The molecule has 0 aliphatic rings. The van der Waals surface area contributed by atoms with Gasteiger partial charge in [-0.1, -0.05) is 6.92 Å². The van der Waals surface area contributed by atoms with Gasteiger partial charge in [0.05, 0.1) is 6.10 Å². The van der Waals surface area contributed by atoms with E-state index in [1.807, 2.05) is 0 Å². The molecule has 2 atom stereocenters. The Morgan fingerprint density at radius 3 is 1.78 bits per heavy atom. The van der Waals surface area contributed by atoms with Crippen LogP contribution in [0.4, 0.5) is 30.7 Å². The van der Waals surface area contributed by atoms with Gasteiger partial charge >= 0.3 is 12.3 Å². The second-order valence-electron chi connectivity index (χ2n) is 3.93. The van der Waals surface area contributed by atoms with Gasteiger partial charge in [0, 0.05) is 6.42 Å². The molecule has 1 N–H and O–H groups in total. The molecule has 9 heteroatoms. The summed E-state index contributed by atoms with van der Waals surface area (Å²) in [5.41, 5.74) is 0. The standard InChI is InChI=1S/C9H13F7O2/c1-3-5(4-7(2,10)11)18-9(15,16)6(17)8(12,13)14/h5-6,17H,3-4H2,1-2H3. The average Bonchev–Trinajstić information content (AvgIpc) is 2.11. The van der Waals surface area contributed by atoms with Crippen molar-refractivity contribution in [3.05, 3.63) is 0 Å². The first-order chi connectivity index (χ1) is 7.79. The van der Waals surface area contributed by atoms with Crippen molar-refractivity contribution in [2.45, 2.75) is 57.1 Å². The molecule has 0 aliphatic carbocycles. The van der Waals surface area contributed by atoms with E-state index in [1.165, 1.54) is 6.92 Å². The Morgan fingerprint density at radius 2 is 1.50 bits per heavy atom. The van der Waals surface area contributed by atoms with Gasteiger partial charge in [0.1, 0.15) is 0 Å². The number of aliphatic hydroxyl groups is 1. The highest BCUT2D eigenvalue weighted by Crippen LogP contribution is 2.35. The maximum Gasteiger partial charge on any atom is 0.423 e. The van der Waals surface area contributed by atoms with Crippen LogP contribution in [0.2, 0.25) is 0 Å². The van der Waals surface area contributed by atoms with Crippen LogP contribution in [-0.4, -0.2) is 35.5 Å². The number of alkyl halides is 7. The fraction of sp³-hybridized carbons (Fsp3) is 1.00. The second-order valence-corrected chi connectivity index (χ2v) is 3.93. The smallest absolute Gasteiger partial charge is 0.377 e. The Bertz CT molecular complexity index is 259. The van der Waals surface area contributed by atoms with E-state index in [9.17, 15) is 30.7 Å². The molecular formula is C9H13F7O2. The van der Waals surface area contributed by atoms with E-state index in [4.69, 9.17) is 5.11 Å². The summed E-state index contributed by atoms with van der Waals surface area (Å²) in [7, 11) is 0. The highest BCUT2D eigenvalue weighted by Gasteiger charge is 2.57. The lowest BCUT2D eigenvalue weighted by atomic mass is 10.1. The van der Waals surface area contributed by atoms with Crippen LogP contribution in [0, 0.1) is 0 Å². The summed E-state index contributed by atoms with van der Waals surface area (Å²) in [5.74, 6) is -3.36. The Labute approximate surface area is 98.7 Å². The molecule has 0 bridgehead atoms. The lowest BCUT2D eigenvalue weighted by Crippen LogP contribution is -2.48. The van der Waals surface area contributed by atoms with Crippen molar-refractivity contribution < 1.29 is 40.6 Å². The monoisotopic (exact) mass is 286 g/mol. The first kappa shape index (κ1) is 17.4. The van der Waals surface area contributed by atoms with Gasteiger partial charge < -0.3 is 9.84 Å². The molecule has 0 aromatic rings. The first-order valence-electron chi connectivity index (χ1n) is 4.98. The highest BCUT2D eigenvalue weighted by molar-refractivity contribution is 4.77. The largest absolute Gasteiger partial charge is 0.423 e. The van der Waals surface area contributed by atoms with E-state index in [1.54, 1.807) is 0 Å². The molecule has 0 aromatic carbocycles. The number of hydrogen-bond acceptors (Lipinski definition) is 2. The Morgan fingerprint density at radius 1 is 1.06 bits per heavy atom. The van der Waals surface area contributed by atoms with Gasteiger partial charge in [-0.3, -0.25) is 0 Å². The zero-order chi connectivity index (χ0) is 14.8. The zero-order valence-corrected chi connectivity index (χ0v) is 9.57. The summed E-state index contributed by atoms with van der Waals surface area (Å²) in [6.45, 7) is 1.63. The molecule has 0 spiro atoms. The van der Waals surface area contributed by atoms with Crippen molar-refractivity contribution in [2.75, 3.05) is 0 Å².